The molecule has 1 amide bonds. The van der Waals surface area contributed by atoms with Crippen LogP contribution >= 0.6 is 0 Å². The van der Waals surface area contributed by atoms with Gasteiger partial charge < -0.3 is 16.2 Å². The zero-order valence-electron chi connectivity index (χ0n) is 13.9. The van der Waals surface area contributed by atoms with Gasteiger partial charge in [0.05, 0.1) is 5.92 Å². The number of halogens is 3. The van der Waals surface area contributed by atoms with Crippen LogP contribution in [0, 0.1) is 12.8 Å². The van der Waals surface area contributed by atoms with Crippen molar-refractivity contribution in [3.8, 4) is 0 Å². The molecule has 10 heteroatoms. The lowest BCUT2D eigenvalue weighted by Crippen LogP contribution is -2.31. The van der Waals surface area contributed by atoms with E-state index in [0.29, 0.717) is 18.8 Å². The lowest BCUT2D eigenvalue weighted by Gasteiger charge is -2.13. The highest BCUT2D eigenvalue weighted by atomic mass is 19.4. The van der Waals surface area contributed by atoms with Crippen LogP contribution in [0.5, 0.6) is 0 Å². The summed E-state index contributed by atoms with van der Waals surface area (Å²) in [5.74, 6) is -2.57. The number of amides is 1. The number of rotatable bonds is 5. The van der Waals surface area contributed by atoms with E-state index in [0.717, 1.165) is 11.3 Å². The number of carboxylic acid groups (broad SMARTS) is 1. The van der Waals surface area contributed by atoms with Crippen LogP contribution in [0.15, 0.2) is 36.4 Å². The molecule has 0 aliphatic carbocycles. The quantitative estimate of drug-likeness (QED) is 0.640. The first-order chi connectivity index (χ1) is 12.1. The van der Waals surface area contributed by atoms with E-state index in [2.05, 4.69) is 15.5 Å². The van der Waals surface area contributed by atoms with Crippen LogP contribution in [-0.2, 0) is 16.0 Å². The molecule has 0 bridgehead atoms. The maximum Gasteiger partial charge on any atom is 0.490 e. The van der Waals surface area contributed by atoms with Crippen LogP contribution in [-0.4, -0.2) is 39.9 Å². The number of carbonyl (C=O) groups is 2. The predicted octanol–water partition coefficient (Wildman–Crippen LogP) is 2.11. The third-order valence-electron chi connectivity index (χ3n) is 3.18. The van der Waals surface area contributed by atoms with Crippen LogP contribution in [0.25, 0.3) is 0 Å². The van der Waals surface area contributed by atoms with E-state index in [9.17, 15) is 18.0 Å². The average Bonchev–Trinajstić information content (AvgIpc) is 2.98. The molecule has 1 aromatic heterocycles. The summed E-state index contributed by atoms with van der Waals surface area (Å²) in [7, 11) is 0. The molecule has 1 heterocycles. The second-order valence-corrected chi connectivity index (χ2v) is 5.35. The van der Waals surface area contributed by atoms with Crippen molar-refractivity contribution >= 4 is 17.7 Å². The molecule has 0 aliphatic rings. The SMILES string of the molecule is Cc1cc(NC(=O)C(CN)Cc2ccccc2)n[nH]1.O=C(O)C(F)(F)F. The van der Waals surface area contributed by atoms with Crippen LogP contribution in [0.1, 0.15) is 11.3 Å². The first kappa shape index (κ1) is 21.2. The number of carboxylic acids is 1. The van der Waals surface area contributed by atoms with Crippen molar-refractivity contribution in [3.63, 3.8) is 0 Å². The second kappa shape index (κ2) is 9.56. The Kier molecular flexibility index (Phi) is 7.78. The lowest BCUT2D eigenvalue weighted by atomic mass is 9.98. The number of hydrogen-bond donors (Lipinski definition) is 4. The smallest absolute Gasteiger partial charge is 0.475 e. The van der Waals surface area contributed by atoms with Crippen LogP contribution < -0.4 is 11.1 Å². The maximum absolute atomic E-state index is 12.1. The largest absolute Gasteiger partial charge is 0.490 e. The van der Waals surface area contributed by atoms with Gasteiger partial charge in [0.25, 0.3) is 0 Å². The Labute approximate surface area is 147 Å². The fourth-order valence-electron chi connectivity index (χ4n) is 1.89. The molecule has 26 heavy (non-hydrogen) atoms. The van der Waals surface area contributed by atoms with Gasteiger partial charge in [0.2, 0.25) is 5.91 Å². The number of nitrogens with two attached hydrogens (primary N) is 1. The van der Waals surface area contributed by atoms with E-state index in [1.54, 1.807) is 6.07 Å². The Morgan fingerprint density at radius 3 is 2.31 bits per heavy atom. The number of carbonyl (C=O) groups excluding carboxylic acids is 1. The van der Waals surface area contributed by atoms with E-state index < -0.39 is 12.1 Å². The summed E-state index contributed by atoms with van der Waals surface area (Å²) >= 11 is 0. The summed E-state index contributed by atoms with van der Waals surface area (Å²) < 4.78 is 31.7. The molecule has 0 aliphatic heterocycles. The highest BCUT2D eigenvalue weighted by Gasteiger charge is 2.38. The third kappa shape index (κ3) is 7.34. The van der Waals surface area contributed by atoms with Crippen LogP contribution in [0.3, 0.4) is 0 Å². The van der Waals surface area contributed by atoms with Crippen molar-refractivity contribution in [2.45, 2.75) is 19.5 Å². The van der Waals surface area contributed by atoms with Gasteiger partial charge in [-0.1, -0.05) is 30.3 Å². The average molecular weight is 372 g/mol. The molecule has 5 N–H and O–H groups in total. The van der Waals surface area contributed by atoms with Gasteiger partial charge in [0.1, 0.15) is 0 Å². The number of H-pyrrole nitrogens is 1. The molecule has 0 radical (unpaired) electrons. The summed E-state index contributed by atoms with van der Waals surface area (Å²) in [4.78, 5) is 21.0. The van der Waals surface area contributed by atoms with Crippen molar-refractivity contribution in [2.24, 2.45) is 11.7 Å². The zero-order valence-corrected chi connectivity index (χ0v) is 13.9. The number of aliphatic carboxylic acids is 1. The fourth-order valence-corrected chi connectivity index (χ4v) is 1.89. The van der Waals surface area contributed by atoms with E-state index >= 15 is 0 Å². The molecule has 0 saturated heterocycles. The van der Waals surface area contributed by atoms with E-state index in [4.69, 9.17) is 15.6 Å². The second-order valence-electron chi connectivity index (χ2n) is 5.35. The van der Waals surface area contributed by atoms with Gasteiger partial charge in [-0.15, -0.1) is 0 Å². The summed E-state index contributed by atoms with van der Waals surface area (Å²) in [5.41, 5.74) is 7.70. The van der Waals surface area contributed by atoms with Gasteiger partial charge in [-0.05, 0) is 18.9 Å². The van der Waals surface area contributed by atoms with E-state index in [1.165, 1.54) is 0 Å². The zero-order chi connectivity index (χ0) is 19.7. The number of anilines is 1. The standard InChI is InChI=1S/C14H18N4O.C2HF3O2/c1-10-7-13(18-17-10)16-14(19)12(9-15)8-11-5-3-2-4-6-11;3-2(4,5)1(6)7/h2-7,12H,8-9,15H2,1H3,(H2,16,17,18,19);(H,6,7). The topological polar surface area (TPSA) is 121 Å². The summed E-state index contributed by atoms with van der Waals surface area (Å²) in [6.45, 7) is 2.19. The van der Waals surface area contributed by atoms with Gasteiger partial charge in [-0.25, -0.2) is 4.79 Å². The van der Waals surface area contributed by atoms with E-state index in [1.807, 2.05) is 37.3 Å². The molecule has 7 nitrogen and oxygen atoms in total. The maximum atomic E-state index is 12.1. The van der Waals surface area contributed by atoms with Crippen molar-refractivity contribution < 1.29 is 27.9 Å². The molecule has 0 fully saturated rings. The number of alkyl halides is 3. The van der Waals surface area contributed by atoms with Gasteiger partial charge in [-0.3, -0.25) is 9.89 Å². The summed E-state index contributed by atoms with van der Waals surface area (Å²) in [5, 5.41) is 16.7. The fraction of sp³-hybridized carbons (Fsp3) is 0.312. The minimum atomic E-state index is -5.08. The summed E-state index contributed by atoms with van der Waals surface area (Å²) in [6, 6.07) is 11.6. The first-order valence-corrected chi connectivity index (χ1v) is 7.50. The van der Waals surface area contributed by atoms with Crippen molar-refractivity contribution in [2.75, 3.05) is 11.9 Å². The molecular weight excluding hydrogens is 353 g/mol. The number of nitrogens with zero attached hydrogens (tertiary/aromatic N) is 1. The van der Waals surface area contributed by atoms with E-state index in [-0.39, 0.29) is 11.8 Å². The molecule has 2 rings (SSSR count). The molecule has 1 atom stereocenters. The third-order valence-corrected chi connectivity index (χ3v) is 3.18. The van der Waals surface area contributed by atoms with Crippen LogP contribution in [0.2, 0.25) is 0 Å². The Morgan fingerprint density at radius 2 is 1.88 bits per heavy atom. The van der Waals surface area contributed by atoms with Crippen molar-refractivity contribution in [3.05, 3.63) is 47.7 Å². The highest BCUT2D eigenvalue weighted by Crippen LogP contribution is 2.13. The molecule has 0 spiro atoms. The molecule has 142 valence electrons. The molecular formula is C16H19F3N4O3. The van der Waals surface area contributed by atoms with Gasteiger partial charge in [0.15, 0.2) is 5.82 Å². The molecule has 0 saturated carbocycles. The number of nitrogens with one attached hydrogen (secondary N) is 2. The minimum Gasteiger partial charge on any atom is -0.475 e. The number of benzene rings is 1. The van der Waals surface area contributed by atoms with Gasteiger partial charge in [0, 0.05) is 18.3 Å². The van der Waals surface area contributed by atoms with Crippen molar-refractivity contribution in [1.82, 2.24) is 10.2 Å². The van der Waals surface area contributed by atoms with Gasteiger partial charge in [-0.2, -0.15) is 18.3 Å². The van der Waals surface area contributed by atoms with Crippen LogP contribution in [0.4, 0.5) is 19.0 Å². The monoisotopic (exact) mass is 372 g/mol. The Balaban J connectivity index is 0.000000412. The lowest BCUT2D eigenvalue weighted by molar-refractivity contribution is -0.192. The number of aryl methyl sites for hydroxylation is 1. The minimum absolute atomic E-state index is 0.0992. The predicted molar refractivity (Wildman–Crippen MR) is 88.3 cm³/mol. The number of aromatic nitrogens is 2. The number of hydrogen-bond acceptors (Lipinski definition) is 4. The highest BCUT2D eigenvalue weighted by molar-refractivity contribution is 5.92. The number of aromatic amines is 1. The first-order valence-electron chi connectivity index (χ1n) is 7.50. The Bertz CT molecular complexity index is 717. The van der Waals surface area contributed by atoms with Gasteiger partial charge >= 0.3 is 12.1 Å². The molecule has 1 unspecified atom stereocenters. The summed E-state index contributed by atoms with van der Waals surface area (Å²) in [6.07, 6.45) is -4.45. The Morgan fingerprint density at radius 1 is 1.31 bits per heavy atom. The van der Waals surface area contributed by atoms with Crippen molar-refractivity contribution in [1.29, 1.82) is 0 Å². The Hall–Kier alpha value is -2.88. The molecule has 1 aromatic carbocycles. The normalized spacial score (nSPS) is 11.9. The molecule has 2 aromatic rings.